The lowest BCUT2D eigenvalue weighted by Crippen LogP contribution is -2.33. The maximum absolute atomic E-state index is 13.6. The lowest BCUT2D eigenvalue weighted by atomic mass is 10.1. The third-order valence-electron chi connectivity index (χ3n) is 3.95. The van der Waals surface area contributed by atoms with Gasteiger partial charge in [0.25, 0.3) is 0 Å². The van der Waals surface area contributed by atoms with Gasteiger partial charge in [-0.25, -0.2) is 17.6 Å². The molecule has 0 aliphatic heterocycles. The van der Waals surface area contributed by atoms with Gasteiger partial charge in [-0.15, -0.1) is 0 Å². The predicted molar refractivity (Wildman–Crippen MR) is 91.9 cm³/mol. The van der Waals surface area contributed by atoms with Crippen molar-refractivity contribution in [2.75, 3.05) is 18.4 Å². The molecule has 0 saturated heterocycles. The fraction of sp³-hybridized carbons (Fsp3) is 0.263. The Labute approximate surface area is 153 Å². The van der Waals surface area contributed by atoms with Crippen LogP contribution < -0.4 is 5.32 Å². The molecule has 144 valence electrons. The van der Waals surface area contributed by atoms with Crippen molar-refractivity contribution in [2.45, 2.75) is 19.8 Å². The molecule has 0 unspecified atom stereocenters. The summed E-state index contributed by atoms with van der Waals surface area (Å²) in [4.78, 5) is 25.1. The molecule has 8 heteroatoms. The summed E-state index contributed by atoms with van der Waals surface area (Å²) in [6.07, 6.45) is 0.320. The topological polar surface area (TPSA) is 49.4 Å². The molecule has 0 aliphatic rings. The molecule has 0 aromatic heterocycles. The number of hydrogen-bond acceptors (Lipinski definition) is 2. The quantitative estimate of drug-likeness (QED) is 0.587. The highest BCUT2D eigenvalue weighted by molar-refractivity contribution is 5.91. The van der Waals surface area contributed by atoms with Gasteiger partial charge < -0.3 is 10.2 Å². The molecule has 0 heterocycles. The summed E-state index contributed by atoms with van der Waals surface area (Å²) in [7, 11) is 0. The van der Waals surface area contributed by atoms with Crippen molar-refractivity contribution in [1.82, 2.24) is 4.90 Å². The molecule has 2 aromatic carbocycles. The standard InChI is InChI=1S/C19H18F4N2O2/c1-12(26)25(10-8-13-2-4-14(20)5-3-13)11-9-17(27)24-16-7-6-15(21)18(22)19(16)23/h2-7H,8-11H2,1H3,(H,24,27). The molecule has 0 spiro atoms. The molecule has 2 aromatic rings. The van der Waals surface area contributed by atoms with Crippen molar-refractivity contribution in [1.29, 1.82) is 0 Å². The van der Waals surface area contributed by atoms with Crippen LogP contribution in [-0.2, 0) is 16.0 Å². The van der Waals surface area contributed by atoms with Crippen LogP contribution in [0.4, 0.5) is 23.2 Å². The van der Waals surface area contributed by atoms with Crippen LogP contribution in [0.3, 0.4) is 0 Å². The molecule has 1 N–H and O–H groups in total. The van der Waals surface area contributed by atoms with Crippen LogP contribution in [0, 0.1) is 23.3 Å². The van der Waals surface area contributed by atoms with Crippen LogP contribution in [0.25, 0.3) is 0 Å². The van der Waals surface area contributed by atoms with Crippen molar-refractivity contribution >= 4 is 17.5 Å². The van der Waals surface area contributed by atoms with Gasteiger partial charge in [0.05, 0.1) is 5.69 Å². The number of rotatable bonds is 7. The summed E-state index contributed by atoms with van der Waals surface area (Å²) >= 11 is 0. The molecule has 0 saturated carbocycles. The zero-order valence-corrected chi connectivity index (χ0v) is 14.6. The summed E-state index contributed by atoms with van der Waals surface area (Å²) in [6.45, 7) is 1.72. The van der Waals surface area contributed by atoms with E-state index < -0.39 is 29.0 Å². The summed E-state index contributed by atoms with van der Waals surface area (Å²) in [5, 5.41) is 2.15. The Bertz CT molecular complexity index is 825. The van der Waals surface area contributed by atoms with Crippen molar-refractivity contribution in [3.63, 3.8) is 0 Å². The van der Waals surface area contributed by atoms with Gasteiger partial charge in [0.2, 0.25) is 11.8 Å². The zero-order chi connectivity index (χ0) is 20.0. The first-order valence-corrected chi connectivity index (χ1v) is 8.21. The molecular formula is C19H18F4N2O2. The Hall–Kier alpha value is -2.90. The van der Waals surface area contributed by atoms with Gasteiger partial charge in [-0.05, 0) is 36.2 Å². The van der Waals surface area contributed by atoms with E-state index in [0.717, 1.165) is 11.6 Å². The highest BCUT2D eigenvalue weighted by atomic mass is 19.2. The fourth-order valence-corrected chi connectivity index (χ4v) is 2.41. The Balaban J connectivity index is 1.89. The van der Waals surface area contributed by atoms with E-state index in [1.807, 2.05) is 0 Å². The van der Waals surface area contributed by atoms with E-state index >= 15 is 0 Å². The molecule has 4 nitrogen and oxygen atoms in total. The van der Waals surface area contributed by atoms with Crippen molar-refractivity contribution < 1.29 is 27.2 Å². The lowest BCUT2D eigenvalue weighted by molar-refractivity contribution is -0.129. The monoisotopic (exact) mass is 382 g/mol. The summed E-state index contributed by atoms with van der Waals surface area (Å²) < 4.78 is 52.5. The average molecular weight is 382 g/mol. The van der Waals surface area contributed by atoms with Crippen molar-refractivity contribution in [2.24, 2.45) is 0 Å². The largest absolute Gasteiger partial charge is 0.342 e. The SMILES string of the molecule is CC(=O)N(CCC(=O)Nc1ccc(F)c(F)c1F)CCc1ccc(F)cc1. The van der Waals surface area contributed by atoms with Crippen LogP contribution in [-0.4, -0.2) is 29.8 Å². The number of carbonyl (C=O) groups is 2. The minimum Gasteiger partial charge on any atom is -0.342 e. The summed E-state index contributed by atoms with van der Waals surface area (Å²) in [6, 6.07) is 7.47. The van der Waals surface area contributed by atoms with E-state index in [4.69, 9.17) is 0 Å². The van der Waals surface area contributed by atoms with Gasteiger partial charge in [0.1, 0.15) is 5.82 Å². The Morgan fingerprint density at radius 1 is 0.926 bits per heavy atom. The van der Waals surface area contributed by atoms with E-state index in [0.29, 0.717) is 19.0 Å². The first kappa shape index (κ1) is 20.4. The molecule has 2 rings (SSSR count). The van der Waals surface area contributed by atoms with Crippen molar-refractivity contribution in [3.05, 3.63) is 65.2 Å². The number of benzene rings is 2. The summed E-state index contributed by atoms with van der Waals surface area (Å²) in [5.74, 6) is -5.77. The number of carbonyl (C=O) groups excluding carboxylic acids is 2. The first-order valence-electron chi connectivity index (χ1n) is 8.21. The number of amides is 2. The minimum absolute atomic E-state index is 0.0632. The second-order valence-electron chi connectivity index (χ2n) is 5.90. The molecule has 2 amide bonds. The molecule has 27 heavy (non-hydrogen) atoms. The van der Waals surface area contributed by atoms with Gasteiger partial charge in [0, 0.05) is 26.4 Å². The Morgan fingerprint density at radius 2 is 1.59 bits per heavy atom. The maximum Gasteiger partial charge on any atom is 0.226 e. The molecule has 0 radical (unpaired) electrons. The minimum atomic E-state index is -1.67. The smallest absolute Gasteiger partial charge is 0.226 e. The second-order valence-corrected chi connectivity index (χ2v) is 5.90. The van der Waals surface area contributed by atoms with Crippen molar-refractivity contribution in [3.8, 4) is 0 Å². The average Bonchev–Trinajstić information content (AvgIpc) is 2.63. The van der Waals surface area contributed by atoms with Crippen LogP contribution in [0.15, 0.2) is 36.4 Å². The molecule has 0 bridgehead atoms. The van der Waals surface area contributed by atoms with Crippen LogP contribution >= 0.6 is 0 Å². The third kappa shape index (κ3) is 5.80. The molecule has 0 atom stereocenters. The highest BCUT2D eigenvalue weighted by Gasteiger charge is 2.16. The first-order chi connectivity index (χ1) is 12.8. The fourth-order valence-electron chi connectivity index (χ4n) is 2.41. The van der Waals surface area contributed by atoms with Crippen LogP contribution in [0.1, 0.15) is 18.9 Å². The van der Waals surface area contributed by atoms with Gasteiger partial charge in [-0.3, -0.25) is 9.59 Å². The number of halogens is 4. The van der Waals surface area contributed by atoms with E-state index in [-0.39, 0.29) is 24.7 Å². The predicted octanol–water partition coefficient (Wildman–Crippen LogP) is 3.66. The van der Waals surface area contributed by atoms with E-state index in [2.05, 4.69) is 5.32 Å². The van der Waals surface area contributed by atoms with Crippen LogP contribution in [0.2, 0.25) is 0 Å². The normalized spacial score (nSPS) is 10.6. The van der Waals surface area contributed by atoms with Gasteiger partial charge in [-0.2, -0.15) is 0 Å². The van der Waals surface area contributed by atoms with Gasteiger partial charge >= 0.3 is 0 Å². The highest BCUT2D eigenvalue weighted by Crippen LogP contribution is 2.19. The van der Waals surface area contributed by atoms with Crippen LogP contribution in [0.5, 0.6) is 0 Å². The number of nitrogens with one attached hydrogen (secondary N) is 1. The van der Waals surface area contributed by atoms with E-state index in [9.17, 15) is 27.2 Å². The lowest BCUT2D eigenvalue weighted by Gasteiger charge is -2.21. The molecular weight excluding hydrogens is 364 g/mol. The Kier molecular flexibility index (Phi) is 6.92. The number of anilines is 1. The second kappa shape index (κ2) is 9.16. The summed E-state index contributed by atoms with van der Waals surface area (Å²) in [5.41, 5.74) is 0.357. The van der Waals surface area contributed by atoms with E-state index in [1.165, 1.54) is 24.0 Å². The maximum atomic E-state index is 13.6. The van der Waals surface area contributed by atoms with Gasteiger partial charge in [-0.1, -0.05) is 12.1 Å². The molecule has 0 aliphatic carbocycles. The third-order valence-corrected chi connectivity index (χ3v) is 3.95. The Morgan fingerprint density at radius 3 is 2.22 bits per heavy atom. The number of nitrogens with zero attached hydrogens (tertiary/aromatic N) is 1. The number of hydrogen-bond donors (Lipinski definition) is 1. The van der Waals surface area contributed by atoms with E-state index in [1.54, 1.807) is 12.1 Å². The molecule has 0 fully saturated rings. The zero-order valence-electron chi connectivity index (χ0n) is 14.6. The van der Waals surface area contributed by atoms with Gasteiger partial charge in [0.15, 0.2) is 17.5 Å².